The number of rotatable bonds is 8. The highest BCUT2D eigenvalue weighted by Gasteiger charge is 2.46. The number of aryl methyl sites for hydroxylation is 1. The average Bonchev–Trinajstić information content (AvgIpc) is 3.43. The van der Waals surface area contributed by atoms with Gasteiger partial charge in [0.05, 0.1) is 18.2 Å². The number of methoxy groups -OCH3 is 1. The topological polar surface area (TPSA) is 76.1 Å². The highest BCUT2D eigenvalue weighted by Crippen LogP contribution is 2.41. The Kier molecular flexibility index (Phi) is 6.91. The van der Waals surface area contributed by atoms with Gasteiger partial charge in [0.25, 0.3) is 11.7 Å². The van der Waals surface area contributed by atoms with Crippen LogP contribution in [0.4, 0.5) is 0 Å². The summed E-state index contributed by atoms with van der Waals surface area (Å²) in [6.07, 6.45) is 0. The number of amides is 1. The first-order valence-corrected chi connectivity index (χ1v) is 11.5. The van der Waals surface area contributed by atoms with Gasteiger partial charge in [-0.05, 0) is 48.2 Å². The molecule has 2 heterocycles. The van der Waals surface area contributed by atoms with Crippen molar-refractivity contribution in [3.63, 3.8) is 0 Å². The van der Waals surface area contributed by atoms with Gasteiger partial charge in [0, 0.05) is 24.1 Å². The number of hydrogen-bond acceptors (Lipinski definition) is 6. The summed E-state index contributed by atoms with van der Waals surface area (Å²) in [5, 5.41) is 12.9. The molecule has 1 amide bonds. The maximum Gasteiger partial charge on any atom is 0.295 e. The zero-order valence-electron chi connectivity index (χ0n) is 18.5. The van der Waals surface area contributed by atoms with Crippen molar-refractivity contribution >= 4 is 28.8 Å². The van der Waals surface area contributed by atoms with Gasteiger partial charge >= 0.3 is 0 Å². The third-order valence-electron chi connectivity index (χ3n) is 5.50. The molecule has 1 aliphatic heterocycles. The third kappa shape index (κ3) is 4.84. The molecule has 33 heavy (non-hydrogen) atoms. The van der Waals surface area contributed by atoms with Crippen molar-refractivity contribution in [2.24, 2.45) is 0 Å². The lowest BCUT2D eigenvalue weighted by molar-refractivity contribution is -0.140. The smallest absolute Gasteiger partial charge is 0.295 e. The van der Waals surface area contributed by atoms with E-state index in [2.05, 4.69) is 6.07 Å². The Bertz CT molecular complexity index is 1170. The second-order valence-corrected chi connectivity index (χ2v) is 8.78. The largest absolute Gasteiger partial charge is 0.507 e. The summed E-state index contributed by atoms with van der Waals surface area (Å²) in [5.74, 6) is -0.882. The van der Waals surface area contributed by atoms with Crippen molar-refractivity contribution in [2.45, 2.75) is 19.6 Å². The Morgan fingerprint density at radius 1 is 1.09 bits per heavy atom. The number of aliphatic hydroxyl groups excluding tert-OH is 1. The molecule has 6 nitrogen and oxygen atoms in total. The van der Waals surface area contributed by atoms with Crippen molar-refractivity contribution in [1.29, 1.82) is 0 Å². The summed E-state index contributed by atoms with van der Waals surface area (Å²) >= 11 is 1.43. The molecule has 1 N–H and O–H groups in total. The Morgan fingerprint density at radius 2 is 1.88 bits per heavy atom. The molecule has 1 fully saturated rings. The summed E-state index contributed by atoms with van der Waals surface area (Å²) in [6, 6.07) is 18.0. The minimum Gasteiger partial charge on any atom is -0.507 e. The molecule has 0 saturated carbocycles. The van der Waals surface area contributed by atoms with Crippen molar-refractivity contribution in [1.82, 2.24) is 4.90 Å². The first-order chi connectivity index (χ1) is 16.0. The van der Waals surface area contributed by atoms with Gasteiger partial charge in [0.15, 0.2) is 0 Å². The number of likely N-dealkylation sites (tertiary alicyclic amines) is 1. The summed E-state index contributed by atoms with van der Waals surface area (Å²) < 4.78 is 11.0. The van der Waals surface area contributed by atoms with Crippen LogP contribution in [0.25, 0.3) is 5.76 Å². The number of carbonyl (C=O) groups is 2. The van der Waals surface area contributed by atoms with E-state index in [0.29, 0.717) is 24.5 Å². The summed E-state index contributed by atoms with van der Waals surface area (Å²) in [6.45, 7) is 3.01. The fraction of sp³-hybridized carbons (Fsp3) is 0.231. The van der Waals surface area contributed by atoms with Crippen molar-refractivity contribution in [3.05, 3.63) is 93.2 Å². The van der Waals surface area contributed by atoms with Crippen LogP contribution in [0.5, 0.6) is 5.75 Å². The highest BCUT2D eigenvalue weighted by atomic mass is 32.1. The number of aliphatic hydroxyl groups is 1. The van der Waals surface area contributed by atoms with Crippen LogP contribution in [-0.4, -0.2) is 42.0 Å². The van der Waals surface area contributed by atoms with Gasteiger partial charge in [-0.25, -0.2) is 0 Å². The van der Waals surface area contributed by atoms with Gasteiger partial charge < -0.3 is 19.5 Å². The lowest BCUT2D eigenvalue weighted by Gasteiger charge is -2.23. The SMILES string of the molecule is COCCN1C(=O)C(=O)/C(=C(/O)c2ccc(OCc3cccc(C)c3)cc2)[C@@H]1c1cccs1. The molecule has 4 rings (SSSR count). The molecule has 3 aromatic rings. The van der Waals surface area contributed by atoms with Crippen molar-refractivity contribution in [3.8, 4) is 5.75 Å². The fourth-order valence-corrected chi connectivity index (χ4v) is 4.72. The maximum atomic E-state index is 12.9. The summed E-state index contributed by atoms with van der Waals surface area (Å²) in [4.78, 5) is 27.9. The van der Waals surface area contributed by atoms with E-state index < -0.39 is 17.7 Å². The first kappa shape index (κ1) is 22.8. The van der Waals surface area contributed by atoms with Gasteiger partial charge in [-0.15, -0.1) is 11.3 Å². The van der Waals surface area contributed by atoms with E-state index >= 15 is 0 Å². The van der Waals surface area contributed by atoms with E-state index in [0.717, 1.165) is 10.4 Å². The Labute approximate surface area is 196 Å². The average molecular weight is 464 g/mol. The van der Waals surface area contributed by atoms with Gasteiger partial charge in [0.2, 0.25) is 0 Å². The summed E-state index contributed by atoms with van der Waals surface area (Å²) in [5.41, 5.74) is 2.77. The van der Waals surface area contributed by atoms with Crippen molar-refractivity contribution < 1.29 is 24.2 Å². The zero-order chi connectivity index (χ0) is 23.4. The molecule has 0 spiro atoms. The Hall–Kier alpha value is -3.42. The van der Waals surface area contributed by atoms with E-state index in [1.54, 1.807) is 31.4 Å². The first-order valence-electron chi connectivity index (χ1n) is 10.6. The Balaban J connectivity index is 1.60. The zero-order valence-corrected chi connectivity index (χ0v) is 19.3. The monoisotopic (exact) mass is 463 g/mol. The fourth-order valence-electron chi connectivity index (χ4n) is 3.88. The lowest BCUT2D eigenvalue weighted by Crippen LogP contribution is -2.32. The molecule has 7 heteroatoms. The number of ether oxygens (including phenoxy) is 2. The van der Waals surface area contributed by atoms with Crippen LogP contribution >= 0.6 is 11.3 Å². The number of Topliss-reactive ketones (excluding diaryl/α,β-unsaturated/α-hetero) is 1. The number of nitrogens with zero attached hydrogens (tertiary/aromatic N) is 1. The predicted octanol–water partition coefficient (Wildman–Crippen LogP) is 4.70. The molecule has 0 unspecified atom stereocenters. The molecule has 0 aliphatic carbocycles. The van der Waals surface area contributed by atoms with Gasteiger partial charge in [-0.3, -0.25) is 9.59 Å². The molecule has 1 aromatic heterocycles. The Morgan fingerprint density at radius 3 is 2.55 bits per heavy atom. The molecule has 0 radical (unpaired) electrons. The van der Waals surface area contributed by atoms with Crippen LogP contribution in [0.3, 0.4) is 0 Å². The molecule has 0 bridgehead atoms. The molecular formula is C26H25NO5S. The van der Waals surface area contributed by atoms with Crippen LogP contribution in [0.1, 0.15) is 27.6 Å². The number of benzene rings is 2. The molecule has 170 valence electrons. The van der Waals surface area contributed by atoms with E-state index in [9.17, 15) is 14.7 Å². The predicted molar refractivity (Wildman–Crippen MR) is 127 cm³/mol. The van der Waals surface area contributed by atoms with Crippen LogP contribution in [0.2, 0.25) is 0 Å². The van der Waals surface area contributed by atoms with E-state index in [1.807, 2.05) is 42.6 Å². The normalized spacial score (nSPS) is 17.5. The number of carbonyl (C=O) groups excluding carboxylic acids is 2. The van der Waals surface area contributed by atoms with Crippen LogP contribution < -0.4 is 4.74 Å². The number of ketones is 1. The van der Waals surface area contributed by atoms with Crippen LogP contribution in [0, 0.1) is 6.92 Å². The van der Waals surface area contributed by atoms with Crippen LogP contribution in [0.15, 0.2) is 71.6 Å². The third-order valence-corrected chi connectivity index (χ3v) is 6.43. The number of hydrogen-bond donors (Lipinski definition) is 1. The second-order valence-electron chi connectivity index (χ2n) is 7.80. The summed E-state index contributed by atoms with van der Waals surface area (Å²) in [7, 11) is 1.54. The maximum absolute atomic E-state index is 12.9. The van der Waals surface area contributed by atoms with Gasteiger partial charge in [0.1, 0.15) is 18.1 Å². The minimum atomic E-state index is -0.693. The van der Waals surface area contributed by atoms with E-state index in [4.69, 9.17) is 9.47 Å². The highest BCUT2D eigenvalue weighted by molar-refractivity contribution is 7.10. The number of thiophene rings is 1. The molecule has 1 saturated heterocycles. The van der Waals surface area contributed by atoms with Crippen molar-refractivity contribution in [2.75, 3.05) is 20.3 Å². The quantitative estimate of drug-likeness (QED) is 0.298. The lowest BCUT2D eigenvalue weighted by atomic mass is 10.00. The molecule has 2 aromatic carbocycles. The second kappa shape index (κ2) is 10.0. The van der Waals surface area contributed by atoms with E-state index in [1.165, 1.54) is 21.8 Å². The van der Waals surface area contributed by atoms with Gasteiger partial charge in [-0.1, -0.05) is 35.9 Å². The van der Waals surface area contributed by atoms with Gasteiger partial charge in [-0.2, -0.15) is 0 Å². The molecular weight excluding hydrogens is 438 g/mol. The molecule has 1 atom stereocenters. The van der Waals surface area contributed by atoms with Crippen LogP contribution in [-0.2, 0) is 20.9 Å². The standard InChI is InChI=1S/C26H25NO5S/c1-17-5-3-6-18(15-17)16-32-20-10-8-19(9-11-20)24(28)22-23(21-7-4-14-33-21)27(12-13-31-2)26(30)25(22)29/h3-11,14-15,23,28H,12-13,16H2,1-2H3/b24-22+/t23-/m0/s1. The molecule has 1 aliphatic rings. The van der Waals surface area contributed by atoms with E-state index in [-0.39, 0.29) is 17.9 Å². The minimum absolute atomic E-state index is 0.0898.